The van der Waals surface area contributed by atoms with E-state index in [1.54, 1.807) is 37.3 Å². The van der Waals surface area contributed by atoms with Crippen LogP contribution in [-0.2, 0) is 11.0 Å². The van der Waals surface area contributed by atoms with Crippen LogP contribution in [0, 0.1) is 17.1 Å². The van der Waals surface area contributed by atoms with Crippen molar-refractivity contribution in [2.24, 2.45) is 0 Å². The number of anilines is 1. The zero-order valence-electron chi connectivity index (χ0n) is 24.3. The van der Waals surface area contributed by atoms with E-state index in [9.17, 15) is 37.2 Å². The summed E-state index contributed by atoms with van der Waals surface area (Å²) in [6.45, 7) is 1.75. The number of likely N-dealkylation sites (N-methyl/N-ethyl adjacent to an activating group) is 1. The van der Waals surface area contributed by atoms with E-state index in [2.05, 4.69) is 21.8 Å². The van der Waals surface area contributed by atoms with E-state index >= 15 is 0 Å². The third-order valence-electron chi connectivity index (χ3n) is 8.15. The second-order valence-electron chi connectivity index (χ2n) is 11.1. The highest BCUT2D eigenvalue weighted by molar-refractivity contribution is 6.07. The molecule has 234 valence electrons. The molecule has 2 aliphatic rings. The summed E-state index contributed by atoms with van der Waals surface area (Å²) in [6, 6.07) is 18.3. The van der Waals surface area contributed by atoms with Crippen LogP contribution in [0.5, 0.6) is 0 Å². The first-order valence-electron chi connectivity index (χ1n) is 14.4. The highest BCUT2D eigenvalue weighted by Crippen LogP contribution is 2.44. The number of halogens is 4. The smallest absolute Gasteiger partial charge is 0.339 e. The number of carbonyl (C=O) groups is 3. The number of nitrogens with zero attached hydrogens (tertiary/aromatic N) is 4. The lowest BCUT2D eigenvalue weighted by Crippen LogP contribution is -2.55. The third kappa shape index (κ3) is 5.47. The van der Waals surface area contributed by atoms with Crippen LogP contribution in [0.15, 0.2) is 78.9 Å². The number of alkyl halides is 3. The van der Waals surface area contributed by atoms with Crippen molar-refractivity contribution in [3.8, 4) is 11.8 Å². The molecule has 0 spiro atoms. The Hall–Kier alpha value is -5.51. The first-order valence-corrected chi connectivity index (χ1v) is 14.4. The topological polar surface area (TPSA) is 120 Å². The van der Waals surface area contributed by atoms with Gasteiger partial charge in [0.15, 0.2) is 5.69 Å². The van der Waals surface area contributed by atoms with Gasteiger partial charge in [-0.2, -0.15) is 23.5 Å². The average molecular weight is 631 g/mol. The summed E-state index contributed by atoms with van der Waals surface area (Å²) in [5.74, 6) is -3.75. The monoisotopic (exact) mass is 630 g/mol. The maximum Gasteiger partial charge on any atom is 0.416 e. The molecule has 46 heavy (non-hydrogen) atoms. The lowest BCUT2D eigenvalue weighted by Gasteiger charge is -2.38. The molecule has 0 unspecified atom stereocenters. The standard InChI is InChI=1S/C33H26F4N6O3/c1-2-42-30-25(26(29(45)40-32(18-38)15-16-32)41-43(30)23-9-4-3-5-10-23)24(19-11-13-22(34)14-12-19)27(31(42)46)39-28(44)20-7-6-8-21(17-20)33(35,36)37/h3-14,17,24,27H,2,15-16H2,1H3,(H,39,44)(H,40,45)/t24-,27-/m0/s1. The minimum absolute atomic E-state index is 0.0691. The van der Waals surface area contributed by atoms with Crippen molar-refractivity contribution in [2.75, 3.05) is 11.4 Å². The van der Waals surface area contributed by atoms with Gasteiger partial charge in [0.25, 0.3) is 17.7 Å². The molecule has 0 bridgehead atoms. The summed E-state index contributed by atoms with van der Waals surface area (Å²) >= 11 is 0. The van der Waals surface area contributed by atoms with Crippen molar-refractivity contribution in [1.82, 2.24) is 20.4 Å². The molecule has 1 saturated carbocycles. The SMILES string of the molecule is CCN1C(=O)[C@@H](NC(=O)c2cccc(C(F)(F)F)c2)[C@@H](c2ccc(F)cc2)c2c(C(=O)NC3(C#N)CC3)nn(-c3ccccc3)c21. The Morgan fingerprint density at radius 3 is 2.33 bits per heavy atom. The Bertz CT molecular complexity index is 1880. The number of amides is 3. The molecule has 1 aromatic heterocycles. The molecular formula is C33H26F4N6O3. The van der Waals surface area contributed by atoms with Gasteiger partial charge in [-0.1, -0.05) is 36.4 Å². The zero-order valence-corrected chi connectivity index (χ0v) is 24.3. The molecule has 1 aliphatic heterocycles. The van der Waals surface area contributed by atoms with Gasteiger partial charge in [-0.25, -0.2) is 9.07 Å². The summed E-state index contributed by atoms with van der Waals surface area (Å²) in [6.07, 6.45) is -3.83. The Kier molecular flexibility index (Phi) is 7.59. The Morgan fingerprint density at radius 1 is 1.02 bits per heavy atom. The van der Waals surface area contributed by atoms with Crippen LogP contribution in [0.4, 0.5) is 23.4 Å². The first kappa shape index (κ1) is 30.5. The molecule has 4 aromatic rings. The minimum atomic E-state index is -4.71. The summed E-state index contributed by atoms with van der Waals surface area (Å²) in [5, 5.41) is 19.7. The fourth-order valence-corrected chi connectivity index (χ4v) is 5.67. The number of aromatic nitrogens is 2. The van der Waals surface area contributed by atoms with Gasteiger partial charge in [-0.3, -0.25) is 19.3 Å². The average Bonchev–Trinajstić information content (AvgIpc) is 3.72. The van der Waals surface area contributed by atoms with Crippen LogP contribution >= 0.6 is 0 Å². The lowest BCUT2D eigenvalue weighted by atomic mass is 9.80. The van der Waals surface area contributed by atoms with Crippen molar-refractivity contribution in [2.45, 2.75) is 43.4 Å². The maximum atomic E-state index is 14.3. The number of nitrogens with one attached hydrogen (secondary N) is 2. The first-order chi connectivity index (χ1) is 22.0. The van der Waals surface area contributed by atoms with Gasteiger partial charge in [0.1, 0.15) is 23.2 Å². The molecule has 3 aromatic carbocycles. The normalized spacial score (nSPS) is 18.3. The number of hydrogen-bond acceptors (Lipinski definition) is 5. The Balaban J connectivity index is 1.55. The zero-order chi connectivity index (χ0) is 32.8. The number of para-hydroxylation sites is 1. The molecule has 0 radical (unpaired) electrons. The molecule has 1 aliphatic carbocycles. The van der Waals surface area contributed by atoms with Gasteiger partial charge < -0.3 is 10.6 Å². The number of carbonyl (C=O) groups excluding carboxylic acids is 3. The molecule has 1 fully saturated rings. The van der Waals surface area contributed by atoms with Gasteiger partial charge in [-0.15, -0.1) is 0 Å². The van der Waals surface area contributed by atoms with Crippen LogP contribution in [-0.4, -0.2) is 45.6 Å². The predicted molar refractivity (Wildman–Crippen MR) is 158 cm³/mol. The fraction of sp³-hybridized carbons (Fsp3) is 0.242. The number of nitriles is 1. The van der Waals surface area contributed by atoms with E-state index < -0.39 is 52.8 Å². The number of fused-ring (bicyclic) bond motifs is 1. The van der Waals surface area contributed by atoms with E-state index in [0.29, 0.717) is 30.2 Å². The maximum absolute atomic E-state index is 14.3. The predicted octanol–water partition coefficient (Wildman–Crippen LogP) is 5.11. The second kappa shape index (κ2) is 11.4. The summed E-state index contributed by atoms with van der Waals surface area (Å²) in [4.78, 5) is 43.0. The molecule has 3 amide bonds. The molecule has 9 nitrogen and oxygen atoms in total. The molecule has 0 saturated heterocycles. The van der Waals surface area contributed by atoms with Gasteiger partial charge in [0, 0.05) is 23.6 Å². The van der Waals surface area contributed by atoms with Crippen LogP contribution in [0.25, 0.3) is 5.69 Å². The van der Waals surface area contributed by atoms with Crippen molar-refractivity contribution >= 4 is 23.5 Å². The van der Waals surface area contributed by atoms with Gasteiger partial charge in [0.2, 0.25) is 0 Å². The van der Waals surface area contributed by atoms with Crippen molar-refractivity contribution in [3.05, 3.63) is 113 Å². The molecular weight excluding hydrogens is 604 g/mol. The van der Waals surface area contributed by atoms with Gasteiger partial charge in [0.05, 0.1) is 17.3 Å². The fourth-order valence-electron chi connectivity index (χ4n) is 5.67. The lowest BCUT2D eigenvalue weighted by molar-refractivity contribution is -0.137. The number of hydrogen-bond donors (Lipinski definition) is 2. The van der Waals surface area contributed by atoms with E-state index in [0.717, 1.165) is 24.3 Å². The molecule has 2 N–H and O–H groups in total. The Morgan fingerprint density at radius 2 is 1.72 bits per heavy atom. The van der Waals surface area contributed by atoms with Crippen LogP contribution < -0.4 is 15.5 Å². The van der Waals surface area contributed by atoms with Gasteiger partial charge >= 0.3 is 6.18 Å². The molecule has 2 atom stereocenters. The van der Waals surface area contributed by atoms with Gasteiger partial charge in [-0.05, 0) is 67.8 Å². The largest absolute Gasteiger partial charge is 0.416 e. The third-order valence-corrected chi connectivity index (χ3v) is 8.15. The quantitative estimate of drug-likeness (QED) is 0.275. The number of rotatable bonds is 7. The van der Waals surface area contributed by atoms with E-state index in [-0.39, 0.29) is 29.2 Å². The highest BCUT2D eigenvalue weighted by Gasteiger charge is 2.50. The minimum Gasteiger partial charge on any atom is -0.339 e. The van der Waals surface area contributed by atoms with Crippen LogP contribution in [0.2, 0.25) is 0 Å². The van der Waals surface area contributed by atoms with E-state index in [1.807, 2.05) is 0 Å². The second-order valence-corrected chi connectivity index (χ2v) is 11.1. The van der Waals surface area contributed by atoms with E-state index in [4.69, 9.17) is 0 Å². The Labute approximate surface area is 260 Å². The molecule has 13 heteroatoms. The number of benzene rings is 3. The highest BCUT2D eigenvalue weighted by atomic mass is 19.4. The van der Waals surface area contributed by atoms with Crippen molar-refractivity contribution in [3.63, 3.8) is 0 Å². The van der Waals surface area contributed by atoms with Crippen LogP contribution in [0.1, 0.15) is 63.2 Å². The van der Waals surface area contributed by atoms with Crippen molar-refractivity contribution in [1.29, 1.82) is 5.26 Å². The molecule has 2 heterocycles. The van der Waals surface area contributed by atoms with Crippen molar-refractivity contribution < 1.29 is 31.9 Å². The van der Waals surface area contributed by atoms with Crippen LogP contribution in [0.3, 0.4) is 0 Å². The molecule has 6 rings (SSSR count). The summed E-state index contributed by atoms with van der Waals surface area (Å²) < 4.78 is 55.9. The summed E-state index contributed by atoms with van der Waals surface area (Å²) in [5.41, 5.74) is -1.51. The van der Waals surface area contributed by atoms with E-state index in [1.165, 1.54) is 27.8 Å². The summed E-state index contributed by atoms with van der Waals surface area (Å²) in [7, 11) is 0.